The quantitative estimate of drug-likeness (QED) is 0.887. The molecule has 0 radical (unpaired) electrons. The first-order valence-corrected chi connectivity index (χ1v) is 5.90. The average Bonchev–Trinajstić information content (AvgIpc) is 2.67. The maximum atomic E-state index is 5.71. The molecule has 0 saturated heterocycles. The maximum absolute atomic E-state index is 5.71. The van der Waals surface area contributed by atoms with Gasteiger partial charge in [0.25, 0.3) is 5.22 Å². The Morgan fingerprint density at radius 3 is 2.81 bits per heavy atom. The molecule has 2 N–H and O–H groups in total. The third-order valence-electron chi connectivity index (χ3n) is 2.23. The maximum Gasteiger partial charge on any atom is 0.260 e. The highest BCUT2D eigenvalue weighted by Crippen LogP contribution is 2.30. The number of rotatable bonds is 3. The van der Waals surface area contributed by atoms with Crippen molar-refractivity contribution >= 4 is 11.8 Å². The smallest absolute Gasteiger partial charge is 0.260 e. The number of benzene rings is 1. The summed E-state index contributed by atoms with van der Waals surface area (Å²) in [5.74, 6) is 0. The summed E-state index contributed by atoms with van der Waals surface area (Å²) in [6.07, 6.45) is 1.65. The number of nitrogens with two attached hydrogens (primary N) is 1. The molecule has 0 aliphatic rings. The molecule has 3 nitrogen and oxygen atoms in total. The van der Waals surface area contributed by atoms with Gasteiger partial charge >= 0.3 is 0 Å². The van der Waals surface area contributed by atoms with Gasteiger partial charge in [0.1, 0.15) is 6.26 Å². The molecule has 0 saturated carbocycles. The second-order valence-corrected chi connectivity index (χ2v) is 4.67. The van der Waals surface area contributed by atoms with Gasteiger partial charge in [-0.3, -0.25) is 0 Å². The highest BCUT2D eigenvalue weighted by atomic mass is 32.2. The summed E-state index contributed by atoms with van der Waals surface area (Å²) in [5, 5.41) is 0.663. The van der Waals surface area contributed by atoms with Crippen LogP contribution < -0.4 is 5.73 Å². The molecule has 0 aliphatic heterocycles. The Morgan fingerprint density at radius 1 is 1.38 bits per heavy atom. The van der Waals surface area contributed by atoms with Crippen molar-refractivity contribution in [1.82, 2.24) is 4.98 Å². The molecule has 0 unspecified atom stereocenters. The van der Waals surface area contributed by atoms with E-state index in [0.29, 0.717) is 11.8 Å². The molecule has 1 aromatic heterocycles. The van der Waals surface area contributed by atoms with E-state index in [1.54, 1.807) is 6.26 Å². The minimum atomic E-state index is 0.531. The molecule has 2 rings (SSSR count). The summed E-state index contributed by atoms with van der Waals surface area (Å²) in [6.45, 7) is 4.50. The van der Waals surface area contributed by atoms with Crippen LogP contribution in [0.15, 0.2) is 39.0 Å². The summed E-state index contributed by atoms with van der Waals surface area (Å²) in [6, 6.07) is 6.22. The van der Waals surface area contributed by atoms with E-state index in [4.69, 9.17) is 10.2 Å². The van der Waals surface area contributed by atoms with Crippen LogP contribution in [0.4, 0.5) is 0 Å². The Bertz CT molecular complexity index is 494. The Morgan fingerprint density at radius 2 is 2.19 bits per heavy atom. The predicted molar refractivity (Wildman–Crippen MR) is 64.4 cm³/mol. The fraction of sp³-hybridized carbons (Fsp3) is 0.250. The molecule has 0 amide bonds. The van der Waals surface area contributed by atoms with Crippen LogP contribution >= 0.6 is 11.8 Å². The molecular formula is C12H14N2OS. The van der Waals surface area contributed by atoms with Gasteiger partial charge in [0.05, 0.1) is 5.69 Å². The van der Waals surface area contributed by atoms with Gasteiger partial charge in [-0.1, -0.05) is 17.7 Å². The largest absolute Gasteiger partial charge is 0.439 e. The minimum absolute atomic E-state index is 0.531. The van der Waals surface area contributed by atoms with E-state index in [-0.39, 0.29) is 0 Å². The van der Waals surface area contributed by atoms with E-state index < -0.39 is 0 Å². The van der Waals surface area contributed by atoms with Crippen molar-refractivity contribution < 1.29 is 4.42 Å². The van der Waals surface area contributed by atoms with Crippen molar-refractivity contribution in [3.8, 4) is 0 Å². The molecule has 1 heterocycles. The number of hydrogen-bond donors (Lipinski definition) is 1. The summed E-state index contributed by atoms with van der Waals surface area (Å²) in [7, 11) is 0. The fourth-order valence-corrected chi connectivity index (χ4v) is 2.32. The van der Waals surface area contributed by atoms with E-state index in [1.165, 1.54) is 17.3 Å². The molecule has 4 heteroatoms. The van der Waals surface area contributed by atoms with Gasteiger partial charge in [-0.2, -0.15) is 0 Å². The van der Waals surface area contributed by atoms with Crippen molar-refractivity contribution in [2.75, 3.05) is 0 Å². The number of aryl methyl sites for hydroxylation is 2. The lowest BCUT2D eigenvalue weighted by molar-refractivity contribution is 0.454. The molecule has 0 aliphatic carbocycles. The van der Waals surface area contributed by atoms with Gasteiger partial charge in [-0.05, 0) is 37.2 Å². The zero-order chi connectivity index (χ0) is 11.5. The Hall–Kier alpha value is -1.26. The first-order valence-electron chi connectivity index (χ1n) is 5.08. The van der Waals surface area contributed by atoms with Crippen LogP contribution in [0.25, 0.3) is 0 Å². The summed E-state index contributed by atoms with van der Waals surface area (Å²) >= 11 is 1.51. The third-order valence-corrected chi connectivity index (χ3v) is 3.21. The van der Waals surface area contributed by atoms with Crippen LogP contribution in [0, 0.1) is 13.8 Å². The van der Waals surface area contributed by atoms with Crippen molar-refractivity contribution in [1.29, 1.82) is 0 Å². The first-order chi connectivity index (χ1) is 7.69. The Labute approximate surface area is 99.1 Å². The fourth-order valence-electron chi connectivity index (χ4n) is 1.44. The minimum Gasteiger partial charge on any atom is -0.439 e. The van der Waals surface area contributed by atoms with E-state index >= 15 is 0 Å². The van der Waals surface area contributed by atoms with Gasteiger partial charge in [0.2, 0.25) is 0 Å². The zero-order valence-corrected chi connectivity index (χ0v) is 10.2. The van der Waals surface area contributed by atoms with Crippen molar-refractivity contribution in [2.24, 2.45) is 5.73 Å². The van der Waals surface area contributed by atoms with E-state index in [0.717, 1.165) is 16.2 Å². The average molecular weight is 234 g/mol. The molecule has 0 bridgehead atoms. The van der Waals surface area contributed by atoms with Crippen LogP contribution in [0.2, 0.25) is 0 Å². The normalized spacial score (nSPS) is 10.7. The zero-order valence-electron chi connectivity index (χ0n) is 9.36. The van der Waals surface area contributed by atoms with Crippen LogP contribution in [-0.2, 0) is 6.54 Å². The Kier molecular flexibility index (Phi) is 3.31. The van der Waals surface area contributed by atoms with E-state index in [9.17, 15) is 0 Å². The molecule has 0 atom stereocenters. The van der Waals surface area contributed by atoms with Gasteiger partial charge in [-0.25, -0.2) is 4.98 Å². The molecule has 1 aromatic carbocycles. The predicted octanol–water partition coefficient (Wildman–Crippen LogP) is 2.90. The second kappa shape index (κ2) is 4.72. The van der Waals surface area contributed by atoms with Crippen molar-refractivity contribution in [2.45, 2.75) is 30.5 Å². The second-order valence-electron chi connectivity index (χ2n) is 3.67. The van der Waals surface area contributed by atoms with Crippen molar-refractivity contribution in [3.63, 3.8) is 0 Å². The SMILES string of the molecule is Cc1ccc(Sc2nc(C)co2)c(CN)c1. The molecule has 0 fully saturated rings. The first kappa shape index (κ1) is 11.2. The highest BCUT2D eigenvalue weighted by Gasteiger charge is 2.07. The molecule has 16 heavy (non-hydrogen) atoms. The summed E-state index contributed by atoms with van der Waals surface area (Å²) < 4.78 is 5.31. The number of oxazole rings is 1. The van der Waals surface area contributed by atoms with E-state index in [1.807, 2.05) is 6.92 Å². The number of aromatic nitrogens is 1. The lowest BCUT2D eigenvalue weighted by Crippen LogP contribution is -1.98. The van der Waals surface area contributed by atoms with Crippen LogP contribution in [0.3, 0.4) is 0 Å². The van der Waals surface area contributed by atoms with Gasteiger partial charge in [-0.15, -0.1) is 0 Å². The van der Waals surface area contributed by atoms with Gasteiger partial charge in [0, 0.05) is 11.4 Å². The standard InChI is InChI=1S/C12H14N2OS/c1-8-3-4-11(10(5-8)6-13)16-12-14-9(2)7-15-12/h3-5,7H,6,13H2,1-2H3. The van der Waals surface area contributed by atoms with E-state index in [2.05, 4.69) is 30.1 Å². The number of hydrogen-bond acceptors (Lipinski definition) is 4. The summed E-state index contributed by atoms with van der Waals surface area (Å²) in [4.78, 5) is 5.37. The van der Waals surface area contributed by atoms with Crippen LogP contribution in [0.5, 0.6) is 0 Å². The highest BCUT2D eigenvalue weighted by molar-refractivity contribution is 7.99. The topological polar surface area (TPSA) is 52.0 Å². The monoisotopic (exact) mass is 234 g/mol. The van der Waals surface area contributed by atoms with Gasteiger partial charge < -0.3 is 10.2 Å². The third kappa shape index (κ3) is 2.46. The lowest BCUT2D eigenvalue weighted by Gasteiger charge is -2.05. The molecule has 2 aromatic rings. The molecule has 84 valence electrons. The van der Waals surface area contributed by atoms with Gasteiger partial charge in [0.15, 0.2) is 0 Å². The molecular weight excluding hydrogens is 220 g/mol. The molecule has 0 spiro atoms. The van der Waals surface area contributed by atoms with Crippen LogP contribution in [0.1, 0.15) is 16.8 Å². The summed E-state index contributed by atoms with van der Waals surface area (Å²) in [5.41, 5.74) is 8.95. The van der Waals surface area contributed by atoms with Crippen LogP contribution in [-0.4, -0.2) is 4.98 Å². The lowest BCUT2D eigenvalue weighted by atomic mass is 10.1. The Balaban J connectivity index is 2.27. The van der Waals surface area contributed by atoms with Crippen molar-refractivity contribution in [3.05, 3.63) is 41.3 Å². The number of nitrogens with zero attached hydrogens (tertiary/aromatic N) is 1.